The summed E-state index contributed by atoms with van der Waals surface area (Å²) >= 11 is 1.66. The summed E-state index contributed by atoms with van der Waals surface area (Å²) in [6.45, 7) is 4.86. The van der Waals surface area contributed by atoms with E-state index >= 15 is 0 Å². The first-order valence-corrected chi connectivity index (χ1v) is 9.29. The number of guanidine groups is 1. The zero-order chi connectivity index (χ0) is 19.8. The summed E-state index contributed by atoms with van der Waals surface area (Å²) < 4.78 is 39.7. The van der Waals surface area contributed by atoms with Crippen molar-refractivity contribution < 1.29 is 18.0 Å². The normalized spacial score (nSPS) is 12.1. The third-order valence-corrected chi connectivity index (χ3v) is 4.74. The number of benzene rings is 1. The molecule has 0 aliphatic carbocycles. The molecule has 2 aromatic rings. The van der Waals surface area contributed by atoms with Crippen LogP contribution in [0.5, 0.6) is 0 Å². The van der Waals surface area contributed by atoms with Crippen LogP contribution in [0.2, 0.25) is 0 Å². The minimum absolute atomic E-state index is 0. The van der Waals surface area contributed by atoms with Crippen LogP contribution in [0.1, 0.15) is 24.6 Å². The first-order valence-electron chi connectivity index (χ1n) is 8.41. The van der Waals surface area contributed by atoms with Crippen LogP contribution >= 0.6 is 35.3 Å². The largest absolute Gasteiger partial charge is 0.357 e. The van der Waals surface area contributed by atoms with E-state index in [1.165, 1.54) is 4.88 Å². The molecule has 0 bridgehead atoms. The van der Waals surface area contributed by atoms with Gasteiger partial charge in [0.1, 0.15) is 6.54 Å². The van der Waals surface area contributed by atoms with Gasteiger partial charge in [0.15, 0.2) is 23.4 Å². The standard InChI is InChI=1S/C18H21F3N4OS.HI/c1-3-22-18(23-9-11(2)14-5-4-8-27-14)24-10-15(26)25-13-7-6-12(19)16(20)17(13)21;/h4-8,11H,3,9-10H2,1-2H3,(H,25,26)(H2,22,23,24);1H. The molecule has 1 aromatic carbocycles. The van der Waals surface area contributed by atoms with Crippen LogP contribution in [0.4, 0.5) is 18.9 Å². The quantitative estimate of drug-likeness (QED) is 0.221. The summed E-state index contributed by atoms with van der Waals surface area (Å²) in [6, 6.07) is 5.73. The lowest BCUT2D eigenvalue weighted by Gasteiger charge is -2.15. The highest BCUT2D eigenvalue weighted by atomic mass is 127. The zero-order valence-electron chi connectivity index (χ0n) is 15.4. The minimum Gasteiger partial charge on any atom is -0.357 e. The Labute approximate surface area is 182 Å². The third kappa shape index (κ3) is 6.97. The lowest BCUT2D eigenvalue weighted by atomic mass is 10.1. The van der Waals surface area contributed by atoms with Gasteiger partial charge in [0, 0.05) is 23.9 Å². The molecule has 1 unspecified atom stereocenters. The van der Waals surface area contributed by atoms with Gasteiger partial charge in [-0.15, -0.1) is 35.3 Å². The highest BCUT2D eigenvalue weighted by Crippen LogP contribution is 2.20. The van der Waals surface area contributed by atoms with Gasteiger partial charge in [-0.25, -0.2) is 18.2 Å². The van der Waals surface area contributed by atoms with Crippen molar-refractivity contribution in [3.05, 3.63) is 52.0 Å². The molecular weight excluding hydrogens is 504 g/mol. The van der Waals surface area contributed by atoms with Crippen molar-refractivity contribution in [2.45, 2.75) is 19.8 Å². The number of aliphatic imine (C=N–C) groups is 1. The monoisotopic (exact) mass is 526 g/mol. The number of anilines is 1. The Morgan fingerprint density at radius 3 is 2.57 bits per heavy atom. The van der Waals surface area contributed by atoms with E-state index in [1.54, 1.807) is 11.3 Å². The molecule has 10 heteroatoms. The summed E-state index contributed by atoms with van der Waals surface area (Å²) in [7, 11) is 0. The van der Waals surface area contributed by atoms with Crippen LogP contribution < -0.4 is 16.0 Å². The number of nitrogens with zero attached hydrogens (tertiary/aromatic N) is 1. The number of nitrogens with one attached hydrogen (secondary N) is 3. The van der Waals surface area contributed by atoms with Gasteiger partial charge in [-0.2, -0.15) is 0 Å². The SMILES string of the molecule is CCNC(=NCC(=O)Nc1ccc(F)c(F)c1F)NCC(C)c1cccs1.I. The molecule has 1 amide bonds. The molecule has 0 aliphatic heterocycles. The Morgan fingerprint density at radius 2 is 1.93 bits per heavy atom. The van der Waals surface area contributed by atoms with Crippen molar-refractivity contribution in [3.8, 4) is 0 Å². The Balaban J connectivity index is 0.00000392. The van der Waals surface area contributed by atoms with Crippen LogP contribution in [0, 0.1) is 17.5 Å². The van der Waals surface area contributed by atoms with E-state index in [2.05, 4.69) is 27.9 Å². The number of carbonyl (C=O) groups excluding carboxylic acids is 1. The predicted molar refractivity (Wildman–Crippen MR) is 117 cm³/mol. The van der Waals surface area contributed by atoms with Crippen LogP contribution in [0.15, 0.2) is 34.6 Å². The van der Waals surface area contributed by atoms with Gasteiger partial charge < -0.3 is 16.0 Å². The highest BCUT2D eigenvalue weighted by Gasteiger charge is 2.15. The summed E-state index contributed by atoms with van der Waals surface area (Å²) in [5, 5.41) is 10.3. The summed E-state index contributed by atoms with van der Waals surface area (Å²) in [5.74, 6) is -4.35. The second-order valence-corrected chi connectivity index (χ2v) is 6.74. The molecule has 1 atom stereocenters. The van der Waals surface area contributed by atoms with E-state index in [0.717, 1.165) is 12.1 Å². The molecule has 0 spiro atoms. The molecule has 0 fully saturated rings. The molecule has 1 heterocycles. The number of hydrogen-bond acceptors (Lipinski definition) is 3. The third-order valence-electron chi connectivity index (χ3n) is 3.64. The Hall–Kier alpha value is -1.82. The first kappa shape index (κ1) is 24.2. The Bertz CT molecular complexity index is 802. The molecule has 3 N–H and O–H groups in total. The Kier molecular flexibility index (Phi) is 10.3. The fraction of sp³-hybridized carbons (Fsp3) is 0.333. The molecule has 1 aromatic heterocycles. The van der Waals surface area contributed by atoms with Crippen LogP contribution in [-0.4, -0.2) is 31.5 Å². The maximum Gasteiger partial charge on any atom is 0.246 e. The average molecular weight is 526 g/mol. The van der Waals surface area contributed by atoms with Gasteiger partial charge >= 0.3 is 0 Å². The van der Waals surface area contributed by atoms with Crippen molar-refractivity contribution in [2.75, 3.05) is 25.0 Å². The van der Waals surface area contributed by atoms with Gasteiger partial charge in [0.2, 0.25) is 5.91 Å². The van der Waals surface area contributed by atoms with Crippen molar-refractivity contribution in [1.82, 2.24) is 10.6 Å². The van der Waals surface area contributed by atoms with Gasteiger partial charge in [-0.3, -0.25) is 4.79 Å². The lowest BCUT2D eigenvalue weighted by molar-refractivity contribution is -0.114. The topological polar surface area (TPSA) is 65.5 Å². The number of thiophene rings is 1. The minimum atomic E-state index is -1.63. The summed E-state index contributed by atoms with van der Waals surface area (Å²) in [6.07, 6.45) is 0. The lowest BCUT2D eigenvalue weighted by Crippen LogP contribution is -2.39. The van der Waals surface area contributed by atoms with Gasteiger partial charge in [0.05, 0.1) is 5.69 Å². The van der Waals surface area contributed by atoms with Crippen LogP contribution in [-0.2, 0) is 4.79 Å². The number of rotatable bonds is 7. The molecule has 0 aliphatic rings. The van der Waals surface area contributed by atoms with Gasteiger partial charge in [-0.05, 0) is 30.5 Å². The van der Waals surface area contributed by atoms with Gasteiger partial charge in [0.25, 0.3) is 0 Å². The fourth-order valence-electron chi connectivity index (χ4n) is 2.23. The van der Waals surface area contributed by atoms with E-state index in [9.17, 15) is 18.0 Å². The summed E-state index contributed by atoms with van der Waals surface area (Å²) in [4.78, 5) is 17.3. The Morgan fingerprint density at radius 1 is 1.18 bits per heavy atom. The molecule has 5 nitrogen and oxygen atoms in total. The first-order chi connectivity index (χ1) is 12.9. The van der Waals surface area contributed by atoms with Crippen LogP contribution in [0.3, 0.4) is 0 Å². The van der Waals surface area contributed by atoms with Crippen molar-refractivity contribution in [1.29, 1.82) is 0 Å². The molecule has 0 saturated carbocycles. The van der Waals surface area contributed by atoms with E-state index in [1.807, 2.05) is 24.4 Å². The maximum absolute atomic E-state index is 13.6. The number of amides is 1. The fourth-order valence-corrected chi connectivity index (χ4v) is 3.01. The molecule has 0 radical (unpaired) electrons. The number of carbonyl (C=O) groups is 1. The molecule has 28 heavy (non-hydrogen) atoms. The number of hydrogen-bond donors (Lipinski definition) is 3. The van der Waals surface area contributed by atoms with Crippen molar-refractivity contribution >= 4 is 52.9 Å². The average Bonchev–Trinajstić information content (AvgIpc) is 3.19. The predicted octanol–water partition coefficient (Wildman–Crippen LogP) is 4.08. The molecule has 154 valence electrons. The van der Waals surface area contributed by atoms with Crippen LogP contribution in [0.25, 0.3) is 0 Å². The smallest absolute Gasteiger partial charge is 0.246 e. The van der Waals surface area contributed by atoms with E-state index in [0.29, 0.717) is 19.0 Å². The highest BCUT2D eigenvalue weighted by molar-refractivity contribution is 14.0. The van der Waals surface area contributed by atoms with Crippen molar-refractivity contribution in [3.63, 3.8) is 0 Å². The zero-order valence-corrected chi connectivity index (χ0v) is 18.5. The second-order valence-electron chi connectivity index (χ2n) is 5.76. The molecular formula is C18H22F3IN4OS. The molecule has 2 rings (SSSR count). The van der Waals surface area contributed by atoms with Crippen molar-refractivity contribution in [2.24, 2.45) is 4.99 Å². The van der Waals surface area contributed by atoms with E-state index < -0.39 is 29.0 Å². The van der Waals surface area contributed by atoms with E-state index in [-0.39, 0.29) is 36.4 Å². The second kappa shape index (κ2) is 11.9. The van der Waals surface area contributed by atoms with Gasteiger partial charge in [-0.1, -0.05) is 13.0 Å². The molecule has 0 saturated heterocycles. The van der Waals surface area contributed by atoms with E-state index in [4.69, 9.17) is 0 Å². The number of halogens is 4. The maximum atomic E-state index is 13.6. The summed E-state index contributed by atoms with van der Waals surface area (Å²) in [5.41, 5.74) is -0.432.